The van der Waals surface area contributed by atoms with E-state index in [1.54, 1.807) is 0 Å². The Morgan fingerprint density at radius 3 is 2.88 bits per heavy atom. The molecule has 1 amide bonds. The van der Waals surface area contributed by atoms with Crippen LogP contribution in [0.4, 0.5) is 5.13 Å². The molecular weight excluding hydrogens is 386 g/mol. The number of nitrogens with zero attached hydrogens (tertiary/aromatic N) is 2. The number of nitrogens with one attached hydrogen (secondary N) is 1. The second-order valence-corrected chi connectivity index (χ2v) is 8.61. The third-order valence-corrected chi connectivity index (χ3v) is 5.62. The summed E-state index contributed by atoms with van der Waals surface area (Å²) in [5.41, 5.74) is 1.11. The number of amides is 1. The van der Waals surface area contributed by atoms with Crippen LogP contribution in [0.1, 0.15) is 20.3 Å². The molecule has 0 aliphatic carbocycles. The van der Waals surface area contributed by atoms with Gasteiger partial charge in [0.1, 0.15) is 0 Å². The fourth-order valence-electron chi connectivity index (χ4n) is 3.02. The molecule has 6 heteroatoms. The number of hydrogen-bond donors (Lipinski definition) is 1. The Balaban J connectivity index is 1.59. The Labute approximate surface area is 155 Å². The lowest BCUT2D eigenvalue weighted by molar-refractivity contribution is -0.119. The Hall–Kier alpha value is -1.24. The van der Waals surface area contributed by atoms with E-state index in [1.807, 2.05) is 30.5 Å². The number of aromatic nitrogens is 1. The van der Waals surface area contributed by atoms with Crippen LogP contribution in [0.3, 0.4) is 0 Å². The predicted molar refractivity (Wildman–Crippen MR) is 103 cm³/mol. The van der Waals surface area contributed by atoms with E-state index in [0.717, 1.165) is 41.0 Å². The zero-order valence-corrected chi connectivity index (χ0v) is 16.4. The minimum absolute atomic E-state index is 0.0729. The zero-order valence-electron chi connectivity index (χ0n) is 14.0. The molecule has 0 unspecified atom stereocenters. The van der Waals surface area contributed by atoms with Gasteiger partial charge in [0.15, 0.2) is 5.13 Å². The zero-order chi connectivity index (χ0) is 17.1. The first kappa shape index (κ1) is 17.6. The quantitative estimate of drug-likeness (QED) is 0.793. The number of halogens is 1. The van der Waals surface area contributed by atoms with Crippen molar-refractivity contribution in [1.29, 1.82) is 0 Å². The van der Waals surface area contributed by atoms with E-state index >= 15 is 0 Å². The average Bonchev–Trinajstić information content (AvgIpc) is 3.17. The minimum atomic E-state index is 0.0729. The highest BCUT2D eigenvalue weighted by molar-refractivity contribution is 9.10. The van der Waals surface area contributed by atoms with Gasteiger partial charge in [-0.25, -0.2) is 4.98 Å². The van der Waals surface area contributed by atoms with E-state index in [1.165, 1.54) is 11.3 Å². The number of carbonyl (C=O) groups is 1. The molecule has 1 saturated heterocycles. The fraction of sp³-hybridized carbons (Fsp3) is 0.444. The van der Waals surface area contributed by atoms with Gasteiger partial charge in [0.2, 0.25) is 5.91 Å². The van der Waals surface area contributed by atoms with Crippen LogP contribution < -0.4 is 5.32 Å². The molecule has 1 aromatic heterocycles. The molecule has 1 aromatic carbocycles. The summed E-state index contributed by atoms with van der Waals surface area (Å²) in [4.78, 5) is 20.3. The Morgan fingerprint density at radius 1 is 1.42 bits per heavy atom. The Kier molecular flexibility index (Phi) is 5.69. The Morgan fingerprint density at radius 2 is 2.17 bits per heavy atom. The molecule has 2 aromatic rings. The highest BCUT2D eigenvalue weighted by Gasteiger charge is 2.28. The van der Waals surface area contributed by atoms with E-state index in [4.69, 9.17) is 0 Å². The fourth-order valence-corrected chi connectivity index (χ4v) is 4.10. The molecule has 0 bridgehead atoms. The maximum atomic E-state index is 12.5. The highest BCUT2D eigenvalue weighted by Crippen LogP contribution is 2.30. The first-order valence-electron chi connectivity index (χ1n) is 8.26. The van der Waals surface area contributed by atoms with Gasteiger partial charge < -0.3 is 10.2 Å². The number of carbonyl (C=O) groups excluding carboxylic acids is 1. The summed E-state index contributed by atoms with van der Waals surface area (Å²) in [7, 11) is 0. The van der Waals surface area contributed by atoms with Gasteiger partial charge in [-0.2, -0.15) is 0 Å². The maximum absolute atomic E-state index is 12.5. The number of hydrogen-bond acceptors (Lipinski definition) is 4. The van der Waals surface area contributed by atoms with Crippen molar-refractivity contribution in [3.63, 3.8) is 0 Å². The standard InChI is InChI=1S/C18H22BrN3OS/c1-12(2)10-22-8-7-14(11-22)17(23)21-18-20-9-16(24-18)13-3-5-15(19)6-4-13/h3-6,9,12,14H,7-8,10-11H2,1-2H3,(H,20,21,23)/t14-/m0/s1. The lowest BCUT2D eigenvalue weighted by Gasteiger charge is -2.17. The van der Waals surface area contributed by atoms with E-state index < -0.39 is 0 Å². The van der Waals surface area contributed by atoms with Crippen molar-refractivity contribution in [3.05, 3.63) is 34.9 Å². The van der Waals surface area contributed by atoms with Crippen LogP contribution in [0.25, 0.3) is 10.4 Å². The summed E-state index contributed by atoms with van der Waals surface area (Å²) in [5, 5.41) is 3.67. The van der Waals surface area contributed by atoms with Crippen molar-refractivity contribution >= 4 is 38.3 Å². The van der Waals surface area contributed by atoms with E-state index in [9.17, 15) is 4.79 Å². The molecule has 24 heavy (non-hydrogen) atoms. The van der Waals surface area contributed by atoms with Crippen molar-refractivity contribution in [3.8, 4) is 10.4 Å². The number of anilines is 1. The van der Waals surface area contributed by atoms with Crippen LogP contribution in [0.5, 0.6) is 0 Å². The summed E-state index contributed by atoms with van der Waals surface area (Å²) in [6.45, 7) is 7.36. The molecule has 0 spiro atoms. The van der Waals surface area contributed by atoms with Crippen LogP contribution >= 0.6 is 27.3 Å². The van der Waals surface area contributed by atoms with E-state index in [2.05, 4.69) is 45.0 Å². The second kappa shape index (κ2) is 7.76. The van der Waals surface area contributed by atoms with Gasteiger partial charge in [-0.05, 0) is 36.6 Å². The molecule has 1 aliphatic rings. The van der Waals surface area contributed by atoms with Gasteiger partial charge in [-0.1, -0.05) is 53.2 Å². The first-order chi connectivity index (χ1) is 11.5. The lowest BCUT2D eigenvalue weighted by atomic mass is 10.1. The maximum Gasteiger partial charge on any atom is 0.230 e. The van der Waals surface area contributed by atoms with E-state index in [-0.39, 0.29) is 11.8 Å². The second-order valence-electron chi connectivity index (χ2n) is 6.66. The van der Waals surface area contributed by atoms with Gasteiger partial charge in [0, 0.05) is 23.8 Å². The van der Waals surface area contributed by atoms with Gasteiger partial charge in [0.25, 0.3) is 0 Å². The number of rotatable bonds is 5. The van der Waals surface area contributed by atoms with Crippen LogP contribution in [0.2, 0.25) is 0 Å². The topological polar surface area (TPSA) is 45.2 Å². The molecule has 1 atom stereocenters. The number of likely N-dealkylation sites (tertiary alicyclic amines) is 1. The van der Waals surface area contributed by atoms with Gasteiger partial charge in [0.05, 0.1) is 10.8 Å². The van der Waals surface area contributed by atoms with E-state index in [0.29, 0.717) is 11.0 Å². The normalized spacial score (nSPS) is 18.2. The molecule has 4 nitrogen and oxygen atoms in total. The summed E-state index contributed by atoms with van der Waals surface area (Å²) < 4.78 is 1.05. The van der Waals surface area contributed by atoms with Gasteiger partial charge in [-0.3, -0.25) is 4.79 Å². The first-order valence-corrected chi connectivity index (χ1v) is 9.87. The van der Waals surface area contributed by atoms with Gasteiger partial charge >= 0.3 is 0 Å². The monoisotopic (exact) mass is 407 g/mol. The van der Waals surface area contributed by atoms with Crippen molar-refractivity contribution < 1.29 is 4.79 Å². The molecule has 1 fully saturated rings. The lowest BCUT2D eigenvalue weighted by Crippen LogP contribution is -2.29. The van der Waals surface area contributed by atoms with Crippen molar-refractivity contribution in [1.82, 2.24) is 9.88 Å². The molecule has 0 radical (unpaired) electrons. The molecule has 2 heterocycles. The summed E-state index contributed by atoms with van der Waals surface area (Å²) in [5.74, 6) is 0.806. The van der Waals surface area contributed by atoms with Gasteiger partial charge in [-0.15, -0.1) is 0 Å². The molecule has 1 aliphatic heterocycles. The smallest absolute Gasteiger partial charge is 0.230 e. The van der Waals surface area contributed by atoms with Crippen LogP contribution in [0, 0.1) is 11.8 Å². The van der Waals surface area contributed by atoms with Crippen LogP contribution in [-0.2, 0) is 4.79 Å². The number of benzene rings is 1. The summed E-state index contributed by atoms with van der Waals surface area (Å²) >= 11 is 4.96. The third kappa shape index (κ3) is 4.43. The minimum Gasteiger partial charge on any atom is -0.302 e. The molecule has 3 rings (SSSR count). The molecule has 0 saturated carbocycles. The molecule has 1 N–H and O–H groups in total. The highest BCUT2D eigenvalue weighted by atomic mass is 79.9. The third-order valence-electron chi connectivity index (χ3n) is 4.13. The van der Waals surface area contributed by atoms with Crippen LogP contribution in [0.15, 0.2) is 34.9 Å². The average molecular weight is 408 g/mol. The summed E-state index contributed by atoms with van der Waals surface area (Å²) in [6, 6.07) is 8.11. The van der Waals surface area contributed by atoms with Crippen molar-refractivity contribution in [2.75, 3.05) is 25.0 Å². The van der Waals surface area contributed by atoms with Crippen molar-refractivity contribution in [2.24, 2.45) is 11.8 Å². The molecule has 128 valence electrons. The summed E-state index contributed by atoms with van der Waals surface area (Å²) in [6.07, 6.45) is 2.76. The van der Waals surface area contributed by atoms with Crippen LogP contribution in [-0.4, -0.2) is 35.4 Å². The Bertz CT molecular complexity index is 699. The number of thiazole rings is 1. The SMILES string of the molecule is CC(C)CN1CC[C@H](C(=O)Nc2ncc(-c3ccc(Br)cc3)s2)C1. The predicted octanol–water partition coefficient (Wildman–Crippen LogP) is 4.49. The molecular formula is C18H22BrN3OS. The van der Waals surface area contributed by atoms with Crippen molar-refractivity contribution in [2.45, 2.75) is 20.3 Å². The largest absolute Gasteiger partial charge is 0.302 e.